The van der Waals surface area contributed by atoms with E-state index in [1.54, 1.807) is 12.4 Å². The molecule has 0 amide bonds. The number of anilines is 1. The van der Waals surface area contributed by atoms with Gasteiger partial charge in [0.1, 0.15) is 0 Å². The van der Waals surface area contributed by atoms with Gasteiger partial charge in [-0.3, -0.25) is 4.98 Å². The first-order chi connectivity index (χ1) is 8.97. The molecule has 2 rings (SSSR count). The Hall–Kier alpha value is -1.75. The molecule has 0 aliphatic rings. The Morgan fingerprint density at radius 2 is 1.79 bits per heavy atom. The molecule has 2 aromatic rings. The molecule has 100 valence electrons. The lowest BCUT2D eigenvalue weighted by atomic mass is 10.2. The average molecular weight is 287 g/mol. The lowest BCUT2D eigenvalue weighted by molar-refractivity contribution is -0.137. The number of aromatic nitrogens is 1. The Bertz CT molecular complexity index is 556. The highest BCUT2D eigenvalue weighted by atomic mass is 35.5. The van der Waals surface area contributed by atoms with E-state index in [1.165, 1.54) is 6.07 Å². The van der Waals surface area contributed by atoms with Crippen LogP contribution in [0.25, 0.3) is 0 Å². The highest BCUT2D eigenvalue weighted by Crippen LogP contribution is 2.33. The molecule has 19 heavy (non-hydrogen) atoms. The van der Waals surface area contributed by atoms with Crippen LogP contribution in [0.4, 0.5) is 18.9 Å². The molecule has 0 atom stereocenters. The van der Waals surface area contributed by atoms with Crippen molar-refractivity contribution in [2.45, 2.75) is 12.7 Å². The van der Waals surface area contributed by atoms with Crippen LogP contribution in [0.15, 0.2) is 42.7 Å². The highest BCUT2D eigenvalue weighted by molar-refractivity contribution is 6.33. The quantitative estimate of drug-likeness (QED) is 0.906. The van der Waals surface area contributed by atoms with Crippen molar-refractivity contribution < 1.29 is 13.2 Å². The second-order valence-corrected chi connectivity index (χ2v) is 4.31. The Morgan fingerprint density at radius 1 is 1.11 bits per heavy atom. The second-order valence-electron chi connectivity index (χ2n) is 3.90. The van der Waals surface area contributed by atoms with Crippen LogP contribution >= 0.6 is 11.6 Å². The van der Waals surface area contributed by atoms with Crippen LogP contribution in [-0.4, -0.2) is 4.98 Å². The summed E-state index contributed by atoms with van der Waals surface area (Å²) in [5.41, 5.74) is 0.671. The number of nitrogens with zero attached hydrogens (tertiary/aromatic N) is 1. The highest BCUT2D eigenvalue weighted by Gasteiger charge is 2.30. The van der Waals surface area contributed by atoms with Gasteiger partial charge in [-0.2, -0.15) is 13.2 Å². The van der Waals surface area contributed by atoms with Gasteiger partial charge in [0.15, 0.2) is 0 Å². The van der Waals surface area contributed by atoms with Crippen molar-refractivity contribution in [2.24, 2.45) is 0 Å². The van der Waals surface area contributed by atoms with E-state index < -0.39 is 11.7 Å². The predicted octanol–water partition coefficient (Wildman–Crippen LogP) is 4.37. The van der Waals surface area contributed by atoms with Crippen LogP contribution in [0.2, 0.25) is 5.02 Å². The van der Waals surface area contributed by atoms with Crippen LogP contribution in [-0.2, 0) is 12.7 Å². The number of pyridine rings is 1. The first-order valence-electron chi connectivity index (χ1n) is 5.46. The Labute approximate surface area is 113 Å². The van der Waals surface area contributed by atoms with Crippen LogP contribution < -0.4 is 5.32 Å². The van der Waals surface area contributed by atoms with Crippen molar-refractivity contribution in [3.63, 3.8) is 0 Å². The van der Waals surface area contributed by atoms with E-state index in [0.29, 0.717) is 12.2 Å². The molecule has 1 N–H and O–H groups in total. The zero-order chi connectivity index (χ0) is 13.9. The fourth-order valence-electron chi connectivity index (χ4n) is 1.53. The standard InChI is InChI=1S/C13H10ClF3N2/c14-11-7-10(13(15,16)17)1-2-12(11)19-8-9-3-5-18-6-4-9/h1-7,19H,8H2. The minimum Gasteiger partial charge on any atom is -0.380 e. The third-order valence-electron chi connectivity index (χ3n) is 2.53. The maximum Gasteiger partial charge on any atom is 0.416 e. The normalized spacial score (nSPS) is 11.4. The largest absolute Gasteiger partial charge is 0.416 e. The minimum absolute atomic E-state index is 0.0453. The number of hydrogen-bond donors (Lipinski definition) is 1. The van der Waals surface area contributed by atoms with Crippen molar-refractivity contribution in [1.82, 2.24) is 4.98 Å². The lowest BCUT2D eigenvalue weighted by Gasteiger charge is -2.11. The van der Waals surface area contributed by atoms with Gasteiger partial charge in [0, 0.05) is 18.9 Å². The van der Waals surface area contributed by atoms with E-state index in [1.807, 2.05) is 12.1 Å². The summed E-state index contributed by atoms with van der Waals surface area (Å²) in [5, 5.41) is 3.03. The summed E-state index contributed by atoms with van der Waals surface area (Å²) >= 11 is 5.83. The number of hydrogen-bond acceptors (Lipinski definition) is 2. The van der Waals surface area contributed by atoms with Crippen LogP contribution in [0.3, 0.4) is 0 Å². The summed E-state index contributed by atoms with van der Waals surface area (Å²) in [5.74, 6) is 0. The van der Waals surface area contributed by atoms with Gasteiger partial charge in [0.05, 0.1) is 16.3 Å². The van der Waals surface area contributed by atoms with Crippen molar-refractivity contribution in [3.05, 3.63) is 58.9 Å². The molecule has 0 saturated carbocycles. The Morgan fingerprint density at radius 3 is 2.37 bits per heavy atom. The summed E-state index contributed by atoms with van der Waals surface area (Å²) in [6.45, 7) is 0.466. The molecule has 0 spiro atoms. The van der Waals surface area contributed by atoms with Crippen LogP contribution in [0, 0.1) is 0 Å². The first-order valence-corrected chi connectivity index (χ1v) is 5.84. The molecule has 1 heterocycles. The molecule has 0 saturated heterocycles. The van der Waals surface area contributed by atoms with Crippen LogP contribution in [0.1, 0.15) is 11.1 Å². The lowest BCUT2D eigenvalue weighted by Crippen LogP contribution is -2.06. The van der Waals surface area contributed by atoms with Crippen molar-refractivity contribution >= 4 is 17.3 Å². The van der Waals surface area contributed by atoms with E-state index in [2.05, 4.69) is 10.3 Å². The van der Waals surface area contributed by atoms with Crippen molar-refractivity contribution in [3.8, 4) is 0 Å². The summed E-state index contributed by atoms with van der Waals surface area (Å²) in [7, 11) is 0. The van der Waals surface area contributed by atoms with Gasteiger partial charge in [-0.1, -0.05) is 11.6 Å². The minimum atomic E-state index is -4.38. The van der Waals surface area contributed by atoms with Gasteiger partial charge in [-0.05, 0) is 35.9 Å². The van der Waals surface area contributed by atoms with E-state index in [0.717, 1.165) is 17.7 Å². The van der Waals surface area contributed by atoms with Gasteiger partial charge in [0.25, 0.3) is 0 Å². The maximum atomic E-state index is 12.5. The number of halogens is 4. The van der Waals surface area contributed by atoms with Gasteiger partial charge >= 0.3 is 6.18 Å². The Balaban J connectivity index is 2.10. The summed E-state index contributed by atoms with van der Waals surface area (Å²) in [6, 6.07) is 6.86. The zero-order valence-electron chi connectivity index (χ0n) is 9.71. The zero-order valence-corrected chi connectivity index (χ0v) is 10.5. The van der Waals surface area contributed by atoms with Gasteiger partial charge < -0.3 is 5.32 Å². The third-order valence-corrected chi connectivity index (χ3v) is 2.84. The van der Waals surface area contributed by atoms with Crippen molar-refractivity contribution in [1.29, 1.82) is 0 Å². The van der Waals surface area contributed by atoms with Crippen LogP contribution in [0.5, 0.6) is 0 Å². The fraction of sp³-hybridized carbons (Fsp3) is 0.154. The molecule has 1 aromatic carbocycles. The van der Waals surface area contributed by atoms with Crippen molar-refractivity contribution in [2.75, 3.05) is 5.32 Å². The molecule has 0 aliphatic heterocycles. The molecule has 1 aromatic heterocycles. The van der Waals surface area contributed by atoms with Gasteiger partial charge in [-0.25, -0.2) is 0 Å². The molecule has 2 nitrogen and oxygen atoms in total. The molecule has 0 bridgehead atoms. The Kier molecular flexibility index (Phi) is 3.95. The van der Waals surface area contributed by atoms with E-state index in [9.17, 15) is 13.2 Å². The first kappa shape index (κ1) is 13.7. The van der Waals surface area contributed by atoms with E-state index in [4.69, 9.17) is 11.6 Å². The molecular weight excluding hydrogens is 277 g/mol. The predicted molar refractivity (Wildman–Crippen MR) is 68.0 cm³/mol. The summed E-state index contributed by atoms with van der Waals surface area (Å²) in [4.78, 5) is 3.88. The van der Waals surface area contributed by atoms with E-state index in [-0.39, 0.29) is 5.02 Å². The maximum absolute atomic E-state index is 12.5. The third kappa shape index (κ3) is 3.61. The molecule has 0 fully saturated rings. The number of alkyl halides is 3. The molecule has 0 aliphatic carbocycles. The number of nitrogens with one attached hydrogen (secondary N) is 1. The second kappa shape index (κ2) is 5.48. The van der Waals surface area contributed by atoms with Gasteiger partial charge in [-0.15, -0.1) is 0 Å². The smallest absolute Gasteiger partial charge is 0.380 e. The molecular formula is C13H10ClF3N2. The molecule has 0 unspecified atom stereocenters. The topological polar surface area (TPSA) is 24.9 Å². The summed E-state index contributed by atoms with van der Waals surface area (Å²) in [6.07, 6.45) is -1.09. The number of rotatable bonds is 3. The molecule has 6 heteroatoms. The fourth-order valence-corrected chi connectivity index (χ4v) is 1.78. The number of benzene rings is 1. The van der Waals surface area contributed by atoms with E-state index >= 15 is 0 Å². The summed E-state index contributed by atoms with van der Waals surface area (Å²) < 4.78 is 37.4. The molecule has 0 radical (unpaired) electrons. The average Bonchev–Trinajstić information content (AvgIpc) is 2.37. The SMILES string of the molecule is FC(F)(F)c1ccc(NCc2ccncc2)c(Cl)c1. The van der Waals surface area contributed by atoms with Gasteiger partial charge in [0.2, 0.25) is 0 Å². The monoisotopic (exact) mass is 286 g/mol.